The van der Waals surface area contributed by atoms with Gasteiger partial charge in [0, 0.05) is 11.4 Å². The van der Waals surface area contributed by atoms with Gasteiger partial charge in [-0.1, -0.05) is 23.5 Å². The fourth-order valence-corrected chi connectivity index (χ4v) is 4.67. The van der Waals surface area contributed by atoms with Gasteiger partial charge in [-0.15, -0.1) is 11.3 Å². The van der Waals surface area contributed by atoms with Crippen molar-refractivity contribution in [3.8, 4) is 10.8 Å². The molecular formula is C20H17N3O4S2. The molecular weight excluding hydrogens is 410 g/mol. The van der Waals surface area contributed by atoms with Crippen LogP contribution in [0.2, 0.25) is 0 Å². The second-order valence-corrected chi connectivity index (χ2v) is 8.29. The number of esters is 1. The number of anilines is 1. The van der Waals surface area contributed by atoms with Crippen molar-refractivity contribution in [1.82, 2.24) is 9.97 Å². The predicted molar refractivity (Wildman–Crippen MR) is 112 cm³/mol. The third kappa shape index (κ3) is 3.92. The second-order valence-electron chi connectivity index (χ2n) is 6.08. The number of aromatic nitrogens is 2. The number of furan rings is 1. The summed E-state index contributed by atoms with van der Waals surface area (Å²) in [5, 5.41) is 1.18. The maximum Gasteiger partial charge on any atom is 0.358 e. The van der Waals surface area contributed by atoms with Gasteiger partial charge in [0.2, 0.25) is 0 Å². The number of benzene rings is 1. The standard InChI is InChI=1S/C20H17N3O4S2/c1-3-23(20-21-13-7-4-5-9-15(13)29-20)16(24)11-27-19(25)17-12(2)28-18(22-17)14-8-6-10-26-14/h4-10H,3,11H2,1-2H3. The number of aryl methyl sites for hydroxylation is 1. The van der Waals surface area contributed by atoms with Crippen LogP contribution in [-0.4, -0.2) is 35.0 Å². The molecule has 3 aromatic heterocycles. The Hall–Kier alpha value is -3.04. The molecule has 0 saturated heterocycles. The molecule has 9 heteroatoms. The minimum Gasteiger partial charge on any atom is -0.462 e. The molecule has 0 radical (unpaired) electrons. The molecule has 0 aliphatic rings. The average Bonchev–Trinajstić information content (AvgIpc) is 3.45. The molecule has 0 saturated carbocycles. The lowest BCUT2D eigenvalue weighted by molar-refractivity contribution is -0.121. The largest absolute Gasteiger partial charge is 0.462 e. The maximum atomic E-state index is 12.6. The summed E-state index contributed by atoms with van der Waals surface area (Å²) < 4.78 is 11.5. The number of hydrogen-bond donors (Lipinski definition) is 0. The van der Waals surface area contributed by atoms with E-state index >= 15 is 0 Å². The number of thiazole rings is 2. The van der Waals surface area contributed by atoms with E-state index in [4.69, 9.17) is 9.15 Å². The Morgan fingerprint density at radius 1 is 1.14 bits per heavy atom. The van der Waals surface area contributed by atoms with E-state index in [9.17, 15) is 9.59 Å². The molecule has 0 atom stereocenters. The number of hydrogen-bond acceptors (Lipinski definition) is 8. The van der Waals surface area contributed by atoms with Crippen molar-refractivity contribution in [3.05, 3.63) is 53.2 Å². The Balaban J connectivity index is 1.45. The summed E-state index contributed by atoms with van der Waals surface area (Å²) in [6.45, 7) is 3.68. The number of carbonyl (C=O) groups excluding carboxylic acids is 2. The summed E-state index contributed by atoms with van der Waals surface area (Å²) in [5.74, 6) is -0.384. The van der Waals surface area contributed by atoms with Crippen molar-refractivity contribution in [2.75, 3.05) is 18.1 Å². The highest BCUT2D eigenvalue weighted by Gasteiger charge is 2.23. The molecule has 4 aromatic rings. The lowest BCUT2D eigenvalue weighted by Gasteiger charge is -2.17. The third-order valence-corrected chi connectivity index (χ3v) is 6.22. The first-order valence-corrected chi connectivity index (χ1v) is 10.5. The number of para-hydroxylation sites is 1. The number of ether oxygens (including phenoxy) is 1. The van der Waals surface area contributed by atoms with E-state index in [0.29, 0.717) is 27.3 Å². The zero-order chi connectivity index (χ0) is 20.4. The number of fused-ring (bicyclic) bond motifs is 1. The molecule has 1 amide bonds. The average molecular weight is 428 g/mol. The second kappa shape index (κ2) is 8.14. The minimum atomic E-state index is -0.634. The monoisotopic (exact) mass is 427 g/mol. The summed E-state index contributed by atoms with van der Waals surface area (Å²) in [5.41, 5.74) is 1.02. The zero-order valence-electron chi connectivity index (χ0n) is 15.7. The molecule has 1 aromatic carbocycles. The fraction of sp³-hybridized carbons (Fsp3) is 0.200. The summed E-state index contributed by atoms with van der Waals surface area (Å²) in [6.07, 6.45) is 1.55. The molecule has 4 rings (SSSR count). The van der Waals surface area contributed by atoms with E-state index in [1.165, 1.54) is 27.6 Å². The Morgan fingerprint density at radius 3 is 2.69 bits per heavy atom. The Morgan fingerprint density at radius 2 is 1.97 bits per heavy atom. The molecule has 0 aliphatic carbocycles. The summed E-state index contributed by atoms with van der Waals surface area (Å²) in [7, 11) is 0. The molecule has 0 bridgehead atoms. The van der Waals surface area contributed by atoms with Crippen molar-refractivity contribution in [2.24, 2.45) is 0 Å². The fourth-order valence-electron chi connectivity index (χ4n) is 2.76. The molecule has 7 nitrogen and oxygen atoms in total. The zero-order valence-corrected chi connectivity index (χ0v) is 17.4. The van der Waals surface area contributed by atoms with Crippen LogP contribution >= 0.6 is 22.7 Å². The van der Waals surface area contributed by atoms with Gasteiger partial charge >= 0.3 is 5.97 Å². The Labute approximate surface area is 174 Å². The first kappa shape index (κ1) is 19.3. The van der Waals surface area contributed by atoms with E-state index in [1.54, 1.807) is 25.3 Å². The van der Waals surface area contributed by atoms with Crippen LogP contribution in [0, 0.1) is 6.92 Å². The number of carbonyl (C=O) groups is 2. The highest BCUT2D eigenvalue weighted by atomic mass is 32.1. The molecule has 0 fully saturated rings. The highest BCUT2D eigenvalue weighted by molar-refractivity contribution is 7.22. The Kier molecular flexibility index (Phi) is 5.41. The first-order valence-electron chi connectivity index (χ1n) is 8.91. The predicted octanol–water partition coefficient (Wildman–Crippen LogP) is 4.53. The van der Waals surface area contributed by atoms with Crippen LogP contribution in [0.4, 0.5) is 5.13 Å². The third-order valence-electron chi connectivity index (χ3n) is 4.18. The summed E-state index contributed by atoms with van der Waals surface area (Å²) in [6, 6.07) is 11.2. The van der Waals surface area contributed by atoms with Gasteiger partial charge in [0.25, 0.3) is 5.91 Å². The van der Waals surface area contributed by atoms with Crippen molar-refractivity contribution >= 4 is 49.9 Å². The quantitative estimate of drug-likeness (QED) is 0.420. The topological polar surface area (TPSA) is 85.5 Å². The van der Waals surface area contributed by atoms with E-state index in [-0.39, 0.29) is 18.2 Å². The van der Waals surface area contributed by atoms with E-state index in [1.807, 2.05) is 31.2 Å². The van der Waals surface area contributed by atoms with Crippen LogP contribution in [0.5, 0.6) is 0 Å². The van der Waals surface area contributed by atoms with Gasteiger partial charge in [-0.05, 0) is 38.1 Å². The van der Waals surface area contributed by atoms with Gasteiger partial charge in [0.15, 0.2) is 28.2 Å². The molecule has 29 heavy (non-hydrogen) atoms. The minimum absolute atomic E-state index is 0.192. The summed E-state index contributed by atoms with van der Waals surface area (Å²) >= 11 is 2.76. The van der Waals surface area contributed by atoms with Crippen LogP contribution in [0.25, 0.3) is 21.0 Å². The molecule has 3 heterocycles. The lowest BCUT2D eigenvalue weighted by Crippen LogP contribution is -2.34. The number of rotatable bonds is 6. The molecule has 0 N–H and O–H groups in total. The Bertz CT molecular complexity index is 1130. The van der Waals surface area contributed by atoms with Crippen molar-refractivity contribution in [3.63, 3.8) is 0 Å². The molecule has 0 aliphatic heterocycles. The van der Waals surface area contributed by atoms with Crippen LogP contribution in [-0.2, 0) is 9.53 Å². The van der Waals surface area contributed by atoms with Gasteiger partial charge in [-0.3, -0.25) is 9.69 Å². The van der Waals surface area contributed by atoms with Crippen molar-refractivity contribution in [1.29, 1.82) is 0 Å². The van der Waals surface area contributed by atoms with E-state index in [2.05, 4.69) is 9.97 Å². The van der Waals surface area contributed by atoms with E-state index < -0.39 is 5.97 Å². The molecule has 148 valence electrons. The van der Waals surface area contributed by atoms with Crippen LogP contribution in [0.15, 0.2) is 47.1 Å². The van der Waals surface area contributed by atoms with Crippen LogP contribution in [0.1, 0.15) is 22.3 Å². The van der Waals surface area contributed by atoms with Gasteiger partial charge in [-0.25, -0.2) is 14.8 Å². The van der Waals surface area contributed by atoms with Crippen molar-refractivity contribution in [2.45, 2.75) is 13.8 Å². The lowest BCUT2D eigenvalue weighted by atomic mass is 10.3. The van der Waals surface area contributed by atoms with Gasteiger partial charge in [0.05, 0.1) is 16.5 Å². The normalized spacial score (nSPS) is 11.0. The smallest absolute Gasteiger partial charge is 0.358 e. The highest BCUT2D eigenvalue weighted by Crippen LogP contribution is 2.29. The number of likely N-dealkylation sites (N-methyl/N-ethyl adjacent to an activating group) is 1. The van der Waals surface area contributed by atoms with Crippen LogP contribution in [0.3, 0.4) is 0 Å². The summed E-state index contributed by atoms with van der Waals surface area (Å²) in [4.78, 5) is 36.1. The van der Waals surface area contributed by atoms with Crippen molar-refractivity contribution < 1.29 is 18.7 Å². The van der Waals surface area contributed by atoms with E-state index in [0.717, 1.165) is 10.2 Å². The van der Waals surface area contributed by atoms with Gasteiger partial charge in [-0.2, -0.15) is 0 Å². The molecule has 0 unspecified atom stereocenters. The van der Waals surface area contributed by atoms with Gasteiger partial charge in [0.1, 0.15) is 0 Å². The van der Waals surface area contributed by atoms with Gasteiger partial charge < -0.3 is 9.15 Å². The number of nitrogens with zero attached hydrogens (tertiary/aromatic N) is 3. The SMILES string of the molecule is CCN(C(=O)COC(=O)c1nc(-c2ccco2)sc1C)c1nc2ccccc2s1. The number of amides is 1. The first-order chi connectivity index (χ1) is 14.1. The van der Waals surface area contributed by atoms with Crippen LogP contribution < -0.4 is 4.90 Å². The maximum absolute atomic E-state index is 12.6. The molecule has 0 spiro atoms.